The molecule has 13 heteroatoms. The van der Waals surface area contributed by atoms with E-state index in [4.69, 9.17) is 20.6 Å². The molecule has 5 heterocycles. The highest BCUT2D eigenvalue weighted by Crippen LogP contribution is 2.37. The summed E-state index contributed by atoms with van der Waals surface area (Å²) in [6, 6.07) is 2.71. The van der Waals surface area contributed by atoms with E-state index in [0.717, 1.165) is 31.5 Å². The van der Waals surface area contributed by atoms with Gasteiger partial charge in [-0.1, -0.05) is 0 Å². The van der Waals surface area contributed by atoms with E-state index in [1.807, 2.05) is 6.07 Å². The third kappa shape index (κ3) is 5.94. The monoisotopic (exact) mass is 547 g/mol. The number of carbonyl (C=O) groups is 1. The molecule has 0 bridgehead atoms. The SMILES string of the molecule is COC1CCN(Cc2cnc3c(C(=O)Nc4cnccc4N4C[C@@H](N)C[C@@H](C(F)(F)F)C4)c(N)oc3c2)CC1. The van der Waals surface area contributed by atoms with Crippen molar-refractivity contribution in [2.45, 2.75) is 44.1 Å². The quantitative estimate of drug-likeness (QED) is 0.424. The first kappa shape index (κ1) is 27.2. The molecule has 3 aromatic heterocycles. The van der Waals surface area contributed by atoms with Crippen LogP contribution in [0.3, 0.4) is 0 Å². The second-order valence-electron chi connectivity index (χ2n) is 10.2. The molecule has 10 nitrogen and oxygen atoms in total. The lowest BCUT2D eigenvalue weighted by Gasteiger charge is -2.39. The van der Waals surface area contributed by atoms with Crippen LogP contribution in [0.4, 0.5) is 30.4 Å². The molecule has 2 aliphatic heterocycles. The lowest BCUT2D eigenvalue weighted by Crippen LogP contribution is -2.51. The number of nitrogens with two attached hydrogens (primary N) is 2. The van der Waals surface area contributed by atoms with Crippen molar-refractivity contribution in [1.82, 2.24) is 14.9 Å². The fraction of sp³-hybridized carbons (Fsp3) is 0.500. The molecule has 0 saturated carbocycles. The minimum absolute atomic E-state index is 0.0516. The summed E-state index contributed by atoms with van der Waals surface area (Å²) in [5.74, 6) is -2.28. The van der Waals surface area contributed by atoms with Gasteiger partial charge in [-0.05, 0) is 37.0 Å². The number of furan rings is 1. The van der Waals surface area contributed by atoms with E-state index in [1.165, 1.54) is 17.3 Å². The summed E-state index contributed by atoms with van der Waals surface area (Å²) in [5, 5.41) is 2.74. The van der Waals surface area contributed by atoms with E-state index in [-0.39, 0.29) is 42.7 Å². The van der Waals surface area contributed by atoms with E-state index in [9.17, 15) is 18.0 Å². The lowest BCUT2D eigenvalue weighted by molar-refractivity contribution is -0.177. The Bertz CT molecular complexity index is 1320. The van der Waals surface area contributed by atoms with Gasteiger partial charge in [0.1, 0.15) is 11.1 Å². The van der Waals surface area contributed by atoms with E-state index in [2.05, 4.69) is 20.2 Å². The zero-order chi connectivity index (χ0) is 27.7. The number of pyridine rings is 2. The highest BCUT2D eigenvalue weighted by Gasteiger charge is 2.44. The number of halogens is 3. The number of rotatable bonds is 6. The molecule has 5 rings (SSSR count). The summed E-state index contributed by atoms with van der Waals surface area (Å²) >= 11 is 0. The first-order chi connectivity index (χ1) is 18.6. The molecule has 2 fully saturated rings. The van der Waals surface area contributed by atoms with Crippen molar-refractivity contribution < 1.29 is 27.1 Å². The van der Waals surface area contributed by atoms with Gasteiger partial charge in [-0.2, -0.15) is 13.2 Å². The van der Waals surface area contributed by atoms with Crippen LogP contribution in [0.1, 0.15) is 35.2 Å². The van der Waals surface area contributed by atoms with Crippen LogP contribution in [0.15, 0.2) is 35.1 Å². The largest absolute Gasteiger partial charge is 0.438 e. The zero-order valence-corrected chi connectivity index (χ0v) is 21.6. The molecule has 39 heavy (non-hydrogen) atoms. The molecule has 0 unspecified atom stereocenters. The number of amides is 1. The number of hydrogen-bond acceptors (Lipinski definition) is 9. The number of nitrogen functional groups attached to an aromatic ring is 1. The molecule has 2 atom stereocenters. The van der Waals surface area contributed by atoms with Gasteiger partial charge in [-0.15, -0.1) is 0 Å². The van der Waals surface area contributed by atoms with Crippen molar-refractivity contribution in [2.24, 2.45) is 11.7 Å². The summed E-state index contributed by atoms with van der Waals surface area (Å²) in [6.07, 6.45) is 2.21. The number of ether oxygens (including phenoxy) is 1. The van der Waals surface area contributed by atoms with Gasteiger partial charge in [0.05, 0.1) is 29.6 Å². The first-order valence-electron chi connectivity index (χ1n) is 12.9. The normalized spacial score (nSPS) is 21.4. The van der Waals surface area contributed by atoms with Gasteiger partial charge in [0.25, 0.3) is 5.91 Å². The van der Waals surface area contributed by atoms with E-state index in [0.29, 0.717) is 23.3 Å². The van der Waals surface area contributed by atoms with Crippen LogP contribution in [0, 0.1) is 5.92 Å². The highest BCUT2D eigenvalue weighted by atomic mass is 19.4. The Kier molecular flexibility index (Phi) is 7.65. The average Bonchev–Trinajstić information content (AvgIpc) is 3.23. The van der Waals surface area contributed by atoms with Crippen LogP contribution in [-0.2, 0) is 11.3 Å². The molecule has 210 valence electrons. The predicted octanol–water partition coefficient (Wildman–Crippen LogP) is 3.38. The summed E-state index contributed by atoms with van der Waals surface area (Å²) in [6.45, 7) is 2.43. The average molecular weight is 548 g/mol. The van der Waals surface area contributed by atoms with Gasteiger partial charge in [-0.3, -0.25) is 19.7 Å². The van der Waals surface area contributed by atoms with E-state index >= 15 is 0 Å². The van der Waals surface area contributed by atoms with Crippen LogP contribution < -0.4 is 21.7 Å². The second kappa shape index (κ2) is 11.0. The zero-order valence-electron chi connectivity index (χ0n) is 21.6. The van der Waals surface area contributed by atoms with E-state index < -0.39 is 24.0 Å². The number of alkyl halides is 3. The topological polar surface area (TPSA) is 136 Å². The Balaban J connectivity index is 1.34. The summed E-state index contributed by atoms with van der Waals surface area (Å²) in [7, 11) is 1.73. The number of nitrogens with one attached hydrogen (secondary N) is 1. The maximum atomic E-state index is 13.5. The van der Waals surface area contributed by atoms with Crippen LogP contribution in [0.5, 0.6) is 0 Å². The Morgan fingerprint density at radius 3 is 2.74 bits per heavy atom. The van der Waals surface area contributed by atoms with Crippen molar-refractivity contribution in [3.63, 3.8) is 0 Å². The number of fused-ring (bicyclic) bond motifs is 1. The molecule has 1 amide bonds. The fourth-order valence-electron chi connectivity index (χ4n) is 5.42. The van der Waals surface area contributed by atoms with Gasteiger partial charge in [0, 0.05) is 58.3 Å². The predicted molar refractivity (Wildman–Crippen MR) is 140 cm³/mol. The summed E-state index contributed by atoms with van der Waals surface area (Å²) in [5.41, 5.74) is 14.3. The lowest BCUT2D eigenvalue weighted by atomic mass is 9.93. The molecule has 0 aromatic carbocycles. The Hall–Kier alpha value is -3.42. The number of methoxy groups -OCH3 is 1. The van der Waals surface area contributed by atoms with Crippen LogP contribution in [0.2, 0.25) is 0 Å². The maximum absolute atomic E-state index is 13.5. The van der Waals surface area contributed by atoms with Gasteiger partial charge >= 0.3 is 6.18 Å². The van der Waals surface area contributed by atoms with Gasteiger partial charge in [-0.25, -0.2) is 0 Å². The second-order valence-corrected chi connectivity index (χ2v) is 10.2. The molecular weight excluding hydrogens is 515 g/mol. The summed E-state index contributed by atoms with van der Waals surface area (Å²) in [4.78, 5) is 25.7. The van der Waals surface area contributed by atoms with E-state index in [1.54, 1.807) is 19.4 Å². The molecule has 3 aromatic rings. The third-order valence-corrected chi connectivity index (χ3v) is 7.45. The number of anilines is 3. The maximum Gasteiger partial charge on any atom is 0.393 e. The van der Waals surface area contributed by atoms with Gasteiger partial charge in [0.2, 0.25) is 5.88 Å². The van der Waals surface area contributed by atoms with Crippen LogP contribution in [-0.4, -0.2) is 72.4 Å². The molecule has 0 spiro atoms. The van der Waals surface area contributed by atoms with Gasteiger partial charge in [0.15, 0.2) is 5.58 Å². The molecular formula is C26H32F3N7O3. The number of carbonyl (C=O) groups excluding carboxylic acids is 1. The van der Waals surface area contributed by atoms with Crippen molar-refractivity contribution in [3.8, 4) is 0 Å². The number of piperidine rings is 2. The number of likely N-dealkylation sites (tertiary alicyclic amines) is 1. The molecule has 0 aliphatic carbocycles. The summed E-state index contributed by atoms with van der Waals surface area (Å²) < 4.78 is 51.6. The van der Waals surface area contributed by atoms with Crippen LogP contribution >= 0.6 is 0 Å². The Morgan fingerprint density at radius 2 is 2.03 bits per heavy atom. The fourth-order valence-corrected chi connectivity index (χ4v) is 5.42. The minimum atomic E-state index is -4.37. The molecule has 5 N–H and O–H groups in total. The standard InChI is InChI=1S/C26H32F3N7O3/c1-38-18-3-6-35(7-4-18)12-15-8-21-23(33-10-15)22(24(31)39-21)25(37)34-19-11-32-5-2-20(19)36-13-16(26(27,28)29)9-17(30)14-36/h2,5,8,10-11,16-18H,3-4,6-7,9,12-14,30-31H2,1H3,(H,34,37)/t16-,17+/m1/s1. The van der Waals surface area contributed by atoms with Gasteiger partial charge < -0.3 is 30.8 Å². The molecule has 2 saturated heterocycles. The molecule has 0 radical (unpaired) electrons. The van der Waals surface area contributed by atoms with Crippen molar-refractivity contribution >= 4 is 34.3 Å². The van der Waals surface area contributed by atoms with Crippen LogP contribution in [0.25, 0.3) is 11.1 Å². The number of aromatic nitrogens is 2. The number of hydrogen-bond donors (Lipinski definition) is 3. The third-order valence-electron chi connectivity index (χ3n) is 7.45. The first-order valence-corrected chi connectivity index (χ1v) is 12.9. The Labute approximate surface area is 223 Å². The smallest absolute Gasteiger partial charge is 0.393 e. The number of nitrogens with zero attached hydrogens (tertiary/aromatic N) is 4. The van der Waals surface area contributed by atoms with Crippen molar-refractivity contribution in [1.29, 1.82) is 0 Å². The minimum Gasteiger partial charge on any atom is -0.438 e. The van der Waals surface area contributed by atoms with Crippen molar-refractivity contribution in [2.75, 3.05) is 49.2 Å². The molecule has 2 aliphatic rings. The Morgan fingerprint density at radius 1 is 1.26 bits per heavy atom. The van der Waals surface area contributed by atoms with Crippen molar-refractivity contribution in [3.05, 3.63) is 41.9 Å². The highest BCUT2D eigenvalue weighted by molar-refractivity contribution is 6.15.